The van der Waals surface area contributed by atoms with Crippen LogP contribution < -0.4 is 5.32 Å². The van der Waals surface area contributed by atoms with Crippen molar-refractivity contribution in [3.8, 4) is 0 Å². The molecule has 0 amide bonds. The van der Waals surface area contributed by atoms with Crippen LogP contribution in [0.1, 0.15) is 22.7 Å². The average Bonchev–Trinajstić information content (AvgIpc) is 2.87. The van der Waals surface area contributed by atoms with Gasteiger partial charge in [-0.25, -0.2) is 0 Å². The second kappa shape index (κ2) is 5.90. The molecule has 3 rings (SSSR count). The van der Waals surface area contributed by atoms with Crippen LogP contribution in [0.2, 0.25) is 0 Å². The molecule has 104 valence electrons. The van der Waals surface area contributed by atoms with Crippen LogP contribution in [0, 0.1) is 0 Å². The lowest BCUT2D eigenvalue weighted by atomic mass is 10.1. The number of fused-ring (bicyclic) bond motifs is 1. The highest BCUT2D eigenvalue weighted by Crippen LogP contribution is 2.34. The lowest BCUT2D eigenvalue weighted by Gasteiger charge is -2.19. The van der Waals surface area contributed by atoms with Gasteiger partial charge in [-0.15, -0.1) is 0 Å². The third kappa shape index (κ3) is 2.56. The molecule has 0 saturated carbocycles. The molecule has 0 aliphatic heterocycles. The van der Waals surface area contributed by atoms with Gasteiger partial charge in [0.1, 0.15) is 0 Å². The van der Waals surface area contributed by atoms with Crippen LogP contribution in [0.4, 0.5) is 0 Å². The average molecular weight is 285 g/mol. The molecule has 1 N–H and O–H groups in total. The predicted octanol–water partition coefficient (Wildman–Crippen LogP) is 2.82. The summed E-state index contributed by atoms with van der Waals surface area (Å²) in [6, 6.07) is 18.7. The molecule has 0 saturated heterocycles. The fourth-order valence-corrected chi connectivity index (χ4v) is 4.68. The van der Waals surface area contributed by atoms with Crippen molar-refractivity contribution in [3.63, 3.8) is 0 Å². The molecule has 3 atom stereocenters. The van der Waals surface area contributed by atoms with Crippen molar-refractivity contribution >= 4 is 10.8 Å². The first-order chi connectivity index (χ1) is 9.79. The first kappa shape index (κ1) is 13.5. The molecule has 0 radical (unpaired) electrons. The molecule has 2 aromatic carbocycles. The Kier molecular flexibility index (Phi) is 3.99. The van der Waals surface area contributed by atoms with Gasteiger partial charge in [0.05, 0.1) is 5.25 Å². The molecule has 0 fully saturated rings. The highest BCUT2D eigenvalue weighted by atomic mass is 32.2. The summed E-state index contributed by atoms with van der Waals surface area (Å²) < 4.78 is 12.7. The van der Waals surface area contributed by atoms with Gasteiger partial charge in [0.15, 0.2) is 0 Å². The smallest absolute Gasteiger partial charge is 0.0586 e. The summed E-state index contributed by atoms with van der Waals surface area (Å²) in [6.45, 7) is 0. The van der Waals surface area contributed by atoms with E-state index in [1.807, 2.05) is 37.4 Å². The maximum atomic E-state index is 12.7. The number of nitrogens with one attached hydrogen (secondary N) is 1. The van der Waals surface area contributed by atoms with Gasteiger partial charge in [-0.3, -0.25) is 4.21 Å². The van der Waals surface area contributed by atoms with Crippen LogP contribution in [0.25, 0.3) is 0 Å². The van der Waals surface area contributed by atoms with Gasteiger partial charge in [0.2, 0.25) is 0 Å². The highest BCUT2D eigenvalue weighted by molar-refractivity contribution is 7.84. The van der Waals surface area contributed by atoms with Crippen molar-refractivity contribution in [3.05, 3.63) is 71.3 Å². The van der Waals surface area contributed by atoms with E-state index in [0.29, 0.717) is 5.75 Å². The molecular formula is C17H19NOS. The lowest BCUT2D eigenvalue weighted by Crippen LogP contribution is -2.30. The zero-order valence-corrected chi connectivity index (χ0v) is 12.4. The molecule has 3 unspecified atom stereocenters. The minimum absolute atomic E-state index is 0.164. The molecule has 1 aliphatic rings. The molecule has 0 aromatic heterocycles. The van der Waals surface area contributed by atoms with Gasteiger partial charge in [-0.2, -0.15) is 0 Å². The molecule has 0 heterocycles. The van der Waals surface area contributed by atoms with Crippen LogP contribution in [-0.4, -0.2) is 16.5 Å². The molecule has 20 heavy (non-hydrogen) atoms. The Morgan fingerprint density at radius 2 is 1.80 bits per heavy atom. The largest absolute Gasteiger partial charge is 0.312 e. The maximum absolute atomic E-state index is 12.7. The first-order valence-corrected chi connectivity index (χ1v) is 8.34. The summed E-state index contributed by atoms with van der Waals surface area (Å²) in [5.74, 6) is 0.637. The summed E-state index contributed by atoms with van der Waals surface area (Å²) in [6.07, 6.45) is 0.904. The van der Waals surface area contributed by atoms with E-state index >= 15 is 0 Å². The summed E-state index contributed by atoms with van der Waals surface area (Å²) >= 11 is 0. The monoisotopic (exact) mass is 285 g/mol. The summed E-state index contributed by atoms with van der Waals surface area (Å²) in [4.78, 5) is 0. The molecule has 0 spiro atoms. The van der Waals surface area contributed by atoms with Crippen LogP contribution in [-0.2, 0) is 23.0 Å². The quantitative estimate of drug-likeness (QED) is 0.936. The SMILES string of the molecule is CNC1c2ccccc2CC1S(=O)Cc1ccccc1. The molecule has 1 aliphatic carbocycles. The first-order valence-electron chi connectivity index (χ1n) is 6.96. The van der Waals surface area contributed by atoms with Crippen molar-refractivity contribution in [1.29, 1.82) is 0 Å². The zero-order valence-electron chi connectivity index (χ0n) is 11.6. The normalized spacial score (nSPS) is 22.4. The fourth-order valence-electron chi connectivity index (χ4n) is 2.99. The maximum Gasteiger partial charge on any atom is 0.0586 e. The molecule has 2 nitrogen and oxygen atoms in total. The van der Waals surface area contributed by atoms with E-state index in [0.717, 1.165) is 12.0 Å². The van der Waals surface area contributed by atoms with E-state index in [2.05, 4.69) is 29.6 Å². The number of hydrogen-bond donors (Lipinski definition) is 1. The van der Waals surface area contributed by atoms with Gasteiger partial charge in [0, 0.05) is 22.6 Å². The Balaban J connectivity index is 1.80. The third-order valence-corrected chi connectivity index (χ3v) is 5.72. The summed E-state index contributed by atoms with van der Waals surface area (Å²) in [5, 5.41) is 3.51. The van der Waals surface area contributed by atoms with Crippen molar-refractivity contribution in [2.75, 3.05) is 7.05 Å². The van der Waals surface area contributed by atoms with E-state index in [1.54, 1.807) is 0 Å². The molecule has 0 bridgehead atoms. The molecule has 2 aromatic rings. The Hall–Kier alpha value is -1.45. The van der Waals surface area contributed by atoms with Crippen molar-refractivity contribution in [2.45, 2.75) is 23.5 Å². The number of rotatable bonds is 4. The second-order valence-electron chi connectivity index (χ2n) is 5.22. The van der Waals surface area contributed by atoms with E-state index in [9.17, 15) is 4.21 Å². The van der Waals surface area contributed by atoms with Gasteiger partial charge >= 0.3 is 0 Å². The van der Waals surface area contributed by atoms with Crippen LogP contribution >= 0.6 is 0 Å². The third-order valence-electron chi connectivity index (χ3n) is 3.98. The Morgan fingerprint density at radius 1 is 1.10 bits per heavy atom. The second-order valence-corrected chi connectivity index (χ2v) is 6.87. The van der Waals surface area contributed by atoms with Gasteiger partial charge in [-0.05, 0) is 30.2 Å². The highest BCUT2D eigenvalue weighted by Gasteiger charge is 2.34. The van der Waals surface area contributed by atoms with Crippen LogP contribution in [0.3, 0.4) is 0 Å². The standard InChI is InChI=1S/C17H19NOS/c1-18-17-15-10-6-5-9-14(15)11-16(17)20(19)12-13-7-3-2-4-8-13/h2-10,16-18H,11-12H2,1H3. The van der Waals surface area contributed by atoms with Crippen molar-refractivity contribution in [1.82, 2.24) is 5.32 Å². The summed E-state index contributed by atoms with van der Waals surface area (Å²) in [7, 11) is 1.09. The topological polar surface area (TPSA) is 29.1 Å². The van der Waals surface area contributed by atoms with E-state index in [-0.39, 0.29) is 11.3 Å². The summed E-state index contributed by atoms with van der Waals surface area (Å²) in [5.41, 5.74) is 3.79. The van der Waals surface area contributed by atoms with Crippen LogP contribution in [0.15, 0.2) is 54.6 Å². The Morgan fingerprint density at radius 3 is 2.55 bits per heavy atom. The van der Waals surface area contributed by atoms with Gasteiger partial charge in [-0.1, -0.05) is 54.6 Å². The van der Waals surface area contributed by atoms with Crippen molar-refractivity contribution < 1.29 is 4.21 Å². The van der Waals surface area contributed by atoms with Gasteiger partial charge in [0.25, 0.3) is 0 Å². The minimum Gasteiger partial charge on any atom is -0.312 e. The molecular weight excluding hydrogens is 266 g/mol. The van der Waals surface area contributed by atoms with E-state index in [4.69, 9.17) is 0 Å². The van der Waals surface area contributed by atoms with E-state index < -0.39 is 10.8 Å². The predicted molar refractivity (Wildman–Crippen MR) is 84.0 cm³/mol. The van der Waals surface area contributed by atoms with E-state index in [1.165, 1.54) is 11.1 Å². The Bertz CT molecular complexity index is 611. The lowest BCUT2D eigenvalue weighted by molar-refractivity contribution is 0.580. The minimum atomic E-state index is -0.865. The fraction of sp³-hybridized carbons (Fsp3) is 0.294. The number of hydrogen-bond acceptors (Lipinski definition) is 2. The molecule has 3 heteroatoms. The van der Waals surface area contributed by atoms with Gasteiger partial charge < -0.3 is 5.32 Å². The number of benzene rings is 2. The van der Waals surface area contributed by atoms with Crippen molar-refractivity contribution in [2.24, 2.45) is 0 Å². The van der Waals surface area contributed by atoms with Crippen LogP contribution in [0.5, 0.6) is 0 Å². The Labute approximate surface area is 122 Å². The zero-order chi connectivity index (χ0) is 13.9.